The molecule has 2 aromatic carbocycles. The highest BCUT2D eigenvalue weighted by molar-refractivity contribution is 7.92. The average molecular weight is 412 g/mol. The first kappa shape index (κ1) is 20.0. The van der Waals surface area contributed by atoms with E-state index in [0.717, 1.165) is 10.5 Å². The third kappa shape index (κ3) is 4.22. The van der Waals surface area contributed by atoms with Crippen LogP contribution < -0.4 is 9.62 Å². The Balaban J connectivity index is 1.81. The van der Waals surface area contributed by atoms with Gasteiger partial charge < -0.3 is 5.32 Å². The summed E-state index contributed by atoms with van der Waals surface area (Å²) in [7, 11) is -2.37. The van der Waals surface area contributed by atoms with Crippen molar-refractivity contribution in [3.63, 3.8) is 0 Å². The number of nitrogens with zero attached hydrogens (tertiary/aromatic N) is 3. The zero-order chi connectivity index (χ0) is 21.0. The molecule has 0 fully saturated rings. The summed E-state index contributed by atoms with van der Waals surface area (Å²) in [4.78, 5) is 26.4. The van der Waals surface area contributed by atoms with Crippen LogP contribution in [-0.2, 0) is 10.0 Å². The van der Waals surface area contributed by atoms with Crippen molar-refractivity contribution in [2.45, 2.75) is 4.90 Å². The summed E-state index contributed by atoms with van der Waals surface area (Å²) in [6.45, 7) is 0. The monoisotopic (exact) mass is 412 g/mol. The SMILES string of the molecule is CN(c1ccccc1)S(=O)(=O)c1ccc(C(=O)Nc2ccncc2[N+](=O)[O-])cc1. The molecule has 3 aromatic rings. The van der Waals surface area contributed by atoms with Gasteiger partial charge in [0.2, 0.25) is 0 Å². The van der Waals surface area contributed by atoms with E-state index < -0.39 is 20.9 Å². The molecule has 0 saturated heterocycles. The van der Waals surface area contributed by atoms with E-state index in [-0.39, 0.29) is 21.8 Å². The van der Waals surface area contributed by atoms with Gasteiger partial charge in [-0.1, -0.05) is 18.2 Å². The highest BCUT2D eigenvalue weighted by Crippen LogP contribution is 2.24. The predicted molar refractivity (Wildman–Crippen MR) is 107 cm³/mol. The molecule has 29 heavy (non-hydrogen) atoms. The molecule has 9 nitrogen and oxygen atoms in total. The molecular weight excluding hydrogens is 396 g/mol. The number of carbonyl (C=O) groups excluding carboxylic acids is 1. The maximum atomic E-state index is 12.8. The Bertz CT molecular complexity index is 1150. The lowest BCUT2D eigenvalue weighted by molar-refractivity contribution is -0.384. The molecule has 1 amide bonds. The highest BCUT2D eigenvalue weighted by atomic mass is 32.2. The van der Waals surface area contributed by atoms with Crippen molar-refractivity contribution in [2.24, 2.45) is 0 Å². The number of nitro groups is 1. The summed E-state index contributed by atoms with van der Waals surface area (Å²) in [6, 6.07) is 15.2. The molecule has 1 N–H and O–H groups in total. The predicted octanol–water partition coefficient (Wildman–Crippen LogP) is 3.07. The molecule has 0 bridgehead atoms. The number of amides is 1. The van der Waals surface area contributed by atoms with Gasteiger partial charge in [-0.3, -0.25) is 24.2 Å². The van der Waals surface area contributed by atoms with Gasteiger partial charge in [0.15, 0.2) is 0 Å². The van der Waals surface area contributed by atoms with Gasteiger partial charge in [0, 0.05) is 18.8 Å². The Morgan fingerprint density at radius 2 is 1.72 bits per heavy atom. The number of sulfonamides is 1. The Morgan fingerprint density at radius 3 is 2.34 bits per heavy atom. The van der Waals surface area contributed by atoms with Gasteiger partial charge in [0.1, 0.15) is 11.9 Å². The molecule has 0 saturated carbocycles. The Kier molecular flexibility index (Phi) is 5.55. The van der Waals surface area contributed by atoms with E-state index in [4.69, 9.17) is 0 Å². The molecule has 10 heteroatoms. The van der Waals surface area contributed by atoms with Crippen molar-refractivity contribution < 1.29 is 18.1 Å². The van der Waals surface area contributed by atoms with Gasteiger partial charge in [-0.25, -0.2) is 8.42 Å². The quantitative estimate of drug-likeness (QED) is 0.490. The summed E-state index contributed by atoms with van der Waals surface area (Å²) >= 11 is 0. The zero-order valence-electron chi connectivity index (χ0n) is 15.2. The third-order valence-electron chi connectivity index (χ3n) is 4.14. The molecule has 0 radical (unpaired) electrons. The van der Waals surface area contributed by atoms with Gasteiger partial charge in [-0.2, -0.15) is 0 Å². The molecule has 148 valence electrons. The van der Waals surface area contributed by atoms with Crippen LogP contribution in [-0.4, -0.2) is 31.3 Å². The molecule has 0 aliphatic rings. The molecule has 1 heterocycles. The average Bonchev–Trinajstić information content (AvgIpc) is 2.74. The van der Waals surface area contributed by atoms with Crippen LogP contribution in [0.1, 0.15) is 10.4 Å². The van der Waals surface area contributed by atoms with E-state index in [1.807, 2.05) is 0 Å². The highest BCUT2D eigenvalue weighted by Gasteiger charge is 2.22. The van der Waals surface area contributed by atoms with Crippen LogP contribution in [0.4, 0.5) is 17.1 Å². The van der Waals surface area contributed by atoms with Gasteiger partial charge in [-0.15, -0.1) is 0 Å². The molecule has 0 aliphatic heterocycles. The third-order valence-corrected chi connectivity index (χ3v) is 5.94. The minimum atomic E-state index is -3.81. The maximum absolute atomic E-state index is 12.8. The largest absolute Gasteiger partial charge is 0.316 e. The summed E-state index contributed by atoms with van der Waals surface area (Å²) in [5.74, 6) is -0.611. The van der Waals surface area contributed by atoms with E-state index in [0.29, 0.717) is 5.69 Å². The van der Waals surface area contributed by atoms with E-state index in [1.54, 1.807) is 30.3 Å². The second kappa shape index (κ2) is 8.07. The number of rotatable bonds is 6. The summed E-state index contributed by atoms with van der Waals surface area (Å²) in [5, 5.41) is 13.5. The topological polar surface area (TPSA) is 123 Å². The number of hydrogen-bond acceptors (Lipinski definition) is 6. The van der Waals surface area contributed by atoms with Gasteiger partial charge in [0.25, 0.3) is 15.9 Å². The first-order valence-corrected chi connectivity index (χ1v) is 9.78. The van der Waals surface area contributed by atoms with Crippen LogP contribution in [0.3, 0.4) is 0 Å². The first-order valence-electron chi connectivity index (χ1n) is 8.34. The summed E-state index contributed by atoms with van der Waals surface area (Å²) in [5.41, 5.74) is 0.303. The molecule has 1 aromatic heterocycles. The molecular formula is C19H16N4O5S. The fraction of sp³-hybridized carbons (Fsp3) is 0.0526. The number of pyridine rings is 1. The standard InChI is InChI=1S/C19H16N4O5S/c1-22(15-5-3-2-4-6-15)29(27,28)16-9-7-14(8-10-16)19(24)21-17-11-12-20-13-18(17)23(25)26/h2-13H,1H3,(H,20,21,24). The molecule has 0 aliphatic carbocycles. The lowest BCUT2D eigenvalue weighted by Crippen LogP contribution is -2.26. The number of aromatic nitrogens is 1. The molecule has 3 rings (SSSR count). The minimum Gasteiger partial charge on any atom is -0.316 e. The van der Waals surface area contributed by atoms with Crippen molar-refractivity contribution in [2.75, 3.05) is 16.7 Å². The van der Waals surface area contributed by atoms with Crippen LogP contribution in [0, 0.1) is 10.1 Å². The number of benzene rings is 2. The van der Waals surface area contributed by atoms with E-state index >= 15 is 0 Å². The number of carbonyl (C=O) groups is 1. The maximum Gasteiger partial charge on any atom is 0.310 e. The van der Waals surface area contributed by atoms with Crippen LogP contribution in [0.2, 0.25) is 0 Å². The van der Waals surface area contributed by atoms with Crippen LogP contribution >= 0.6 is 0 Å². The van der Waals surface area contributed by atoms with E-state index in [1.165, 1.54) is 43.6 Å². The van der Waals surface area contributed by atoms with Gasteiger partial charge in [-0.05, 0) is 42.5 Å². The van der Waals surface area contributed by atoms with Crippen LogP contribution in [0.5, 0.6) is 0 Å². The van der Waals surface area contributed by atoms with Gasteiger partial charge in [0.05, 0.1) is 15.5 Å². The Labute approximate surface area is 166 Å². The fourth-order valence-corrected chi connectivity index (χ4v) is 3.74. The van der Waals surface area contributed by atoms with Crippen molar-refractivity contribution in [3.05, 3.63) is 88.7 Å². The fourth-order valence-electron chi connectivity index (χ4n) is 2.54. The zero-order valence-corrected chi connectivity index (χ0v) is 16.0. The number of para-hydroxylation sites is 1. The van der Waals surface area contributed by atoms with Crippen molar-refractivity contribution >= 4 is 33.0 Å². The molecule has 0 unspecified atom stereocenters. The van der Waals surface area contributed by atoms with Crippen LogP contribution in [0.25, 0.3) is 0 Å². The Morgan fingerprint density at radius 1 is 1.07 bits per heavy atom. The van der Waals surface area contributed by atoms with Crippen molar-refractivity contribution in [1.82, 2.24) is 4.98 Å². The second-order valence-electron chi connectivity index (χ2n) is 5.94. The smallest absolute Gasteiger partial charge is 0.310 e. The minimum absolute atomic E-state index is 0.00416. The lowest BCUT2D eigenvalue weighted by atomic mass is 10.2. The lowest BCUT2D eigenvalue weighted by Gasteiger charge is -2.19. The summed E-state index contributed by atoms with van der Waals surface area (Å²) < 4.78 is 26.7. The first-order chi connectivity index (χ1) is 13.8. The van der Waals surface area contributed by atoms with Gasteiger partial charge >= 0.3 is 5.69 Å². The number of anilines is 2. The normalized spacial score (nSPS) is 10.9. The van der Waals surface area contributed by atoms with Crippen molar-refractivity contribution in [3.8, 4) is 0 Å². The number of nitrogens with one attached hydrogen (secondary N) is 1. The van der Waals surface area contributed by atoms with Crippen molar-refractivity contribution in [1.29, 1.82) is 0 Å². The van der Waals surface area contributed by atoms with E-state index in [9.17, 15) is 23.3 Å². The number of hydrogen-bond donors (Lipinski definition) is 1. The second-order valence-corrected chi connectivity index (χ2v) is 7.91. The van der Waals surface area contributed by atoms with E-state index in [2.05, 4.69) is 10.3 Å². The Hall–Kier alpha value is -3.79. The molecule has 0 spiro atoms. The summed E-state index contributed by atoms with van der Waals surface area (Å²) in [6.07, 6.45) is 2.35. The molecule has 0 atom stereocenters. The van der Waals surface area contributed by atoms with Crippen LogP contribution in [0.15, 0.2) is 78.0 Å².